The lowest BCUT2D eigenvalue weighted by atomic mass is 9.90. The van der Waals surface area contributed by atoms with E-state index in [0.717, 1.165) is 63.5 Å². The van der Waals surface area contributed by atoms with E-state index in [1.807, 2.05) is 18.2 Å². The summed E-state index contributed by atoms with van der Waals surface area (Å²) in [5.74, 6) is -0.248. The van der Waals surface area contributed by atoms with Gasteiger partial charge in [-0.3, -0.25) is 9.89 Å². The molecule has 0 N–H and O–H groups in total. The molecule has 1 aliphatic rings. The lowest BCUT2D eigenvalue weighted by Gasteiger charge is -2.32. The molecule has 0 bridgehead atoms. The highest BCUT2D eigenvalue weighted by atomic mass is 19.4. The van der Waals surface area contributed by atoms with Crippen LogP contribution in [0, 0.1) is 18.7 Å². The van der Waals surface area contributed by atoms with Gasteiger partial charge in [0.05, 0.1) is 11.3 Å². The number of hydrogen-bond acceptors (Lipinski definition) is 2. The van der Waals surface area contributed by atoms with E-state index in [-0.39, 0.29) is 0 Å². The number of aliphatic imine (C=N–C) groups is 1. The van der Waals surface area contributed by atoms with Crippen molar-refractivity contribution in [3.05, 3.63) is 65.0 Å². The molecule has 2 nitrogen and oxygen atoms in total. The van der Waals surface area contributed by atoms with Gasteiger partial charge in [0.2, 0.25) is 0 Å². The number of halogens is 4. The van der Waals surface area contributed by atoms with Crippen molar-refractivity contribution in [2.75, 3.05) is 19.6 Å². The summed E-state index contributed by atoms with van der Waals surface area (Å²) in [6, 6.07) is 11.0. The zero-order valence-corrected chi connectivity index (χ0v) is 18.9. The summed E-state index contributed by atoms with van der Waals surface area (Å²) < 4.78 is 52.2. The third-order valence-corrected chi connectivity index (χ3v) is 6.28. The smallest absolute Gasteiger partial charge is 0.298 e. The molecule has 0 amide bonds. The predicted octanol–water partition coefficient (Wildman–Crippen LogP) is 7.37. The second kappa shape index (κ2) is 11.1. The van der Waals surface area contributed by atoms with Gasteiger partial charge in [-0.15, -0.1) is 0 Å². The quantitative estimate of drug-likeness (QED) is 0.304. The molecule has 2 aromatic carbocycles. The third kappa shape index (κ3) is 7.16. The van der Waals surface area contributed by atoms with Crippen LogP contribution in [0.5, 0.6) is 0 Å². The fourth-order valence-electron chi connectivity index (χ4n) is 4.33. The minimum atomic E-state index is -4.51. The first-order valence-corrected chi connectivity index (χ1v) is 11.5. The largest absolute Gasteiger partial charge is 0.416 e. The minimum absolute atomic E-state index is 0.426. The van der Waals surface area contributed by atoms with Crippen molar-refractivity contribution in [1.82, 2.24) is 4.90 Å². The molecule has 6 heteroatoms. The van der Waals surface area contributed by atoms with Gasteiger partial charge in [-0.05, 0) is 93.4 Å². The topological polar surface area (TPSA) is 15.6 Å². The molecule has 32 heavy (non-hydrogen) atoms. The van der Waals surface area contributed by atoms with Crippen LogP contribution >= 0.6 is 0 Å². The molecule has 174 valence electrons. The number of nitrogens with zero attached hydrogens (tertiary/aromatic N) is 2. The first-order valence-electron chi connectivity index (χ1n) is 11.5. The van der Waals surface area contributed by atoms with Crippen molar-refractivity contribution in [2.24, 2.45) is 10.9 Å². The predicted molar refractivity (Wildman–Crippen MR) is 122 cm³/mol. The van der Waals surface area contributed by atoms with E-state index in [1.54, 1.807) is 0 Å². The van der Waals surface area contributed by atoms with Crippen molar-refractivity contribution in [1.29, 1.82) is 0 Å². The summed E-state index contributed by atoms with van der Waals surface area (Å²) in [6.07, 6.45) is 0.788. The van der Waals surface area contributed by atoms with E-state index in [9.17, 15) is 17.6 Å². The normalized spacial score (nSPS) is 16.5. The Labute approximate surface area is 188 Å². The number of likely N-dealkylation sites (tertiary alicyclic amines) is 1. The highest BCUT2D eigenvalue weighted by Gasteiger charge is 2.31. The van der Waals surface area contributed by atoms with Crippen molar-refractivity contribution in [2.45, 2.75) is 58.5 Å². The molecule has 0 aliphatic carbocycles. The van der Waals surface area contributed by atoms with Crippen LogP contribution in [0.2, 0.25) is 0 Å². The molecule has 0 unspecified atom stereocenters. The number of alkyl halides is 3. The van der Waals surface area contributed by atoms with Crippen molar-refractivity contribution in [3.8, 4) is 0 Å². The molecule has 1 fully saturated rings. The summed E-state index contributed by atoms with van der Waals surface area (Å²) in [6.45, 7) is 7.11. The molecule has 1 heterocycles. The monoisotopic (exact) mass is 448 g/mol. The second-order valence-corrected chi connectivity index (χ2v) is 8.78. The maximum Gasteiger partial charge on any atom is 0.416 e. The number of hydrogen-bond donors (Lipinski definition) is 0. The van der Waals surface area contributed by atoms with Crippen LogP contribution in [0.25, 0.3) is 0 Å². The van der Waals surface area contributed by atoms with Crippen LogP contribution in [0.4, 0.5) is 23.2 Å². The Hall–Kier alpha value is -2.21. The Kier molecular flexibility index (Phi) is 8.46. The lowest BCUT2D eigenvalue weighted by molar-refractivity contribution is -0.137. The number of aryl methyl sites for hydroxylation is 2. The third-order valence-electron chi connectivity index (χ3n) is 6.28. The van der Waals surface area contributed by atoms with Crippen LogP contribution in [0.15, 0.2) is 47.5 Å². The second-order valence-electron chi connectivity index (χ2n) is 8.78. The first kappa shape index (κ1) is 24.4. The number of benzene rings is 2. The van der Waals surface area contributed by atoms with Crippen molar-refractivity contribution >= 4 is 11.4 Å². The van der Waals surface area contributed by atoms with Gasteiger partial charge in [-0.1, -0.05) is 31.5 Å². The van der Waals surface area contributed by atoms with E-state index >= 15 is 0 Å². The van der Waals surface area contributed by atoms with Gasteiger partial charge in [0.1, 0.15) is 5.82 Å². The maximum atomic E-state index is 13.6. The molecule has 1 aliphatic heterocycles. The molecular weight excluding hydrogens is 416 g/mol. The average Bonchev–Trinajstić information content (AvgIpc) is 2.75. The average molecular weight is 449 g/mol. The fourth-order valence-corrected chi connectivity index (χ4v) is 4.33. The van der Waals surface area contributed by atoms with Gasteiger partial charge in [0.15, 0.2) is 0 Å². The van der Waals surface area contributed by atoms with E-state index in [2.05, 4.69) is 24.8 Å². The van der Waals surface area contributed by atoms with Crippen molar-refractivity contribution < 1.29 is 17.6 Å². The Bertz CT molecular complexity index is 912. The minimum Gasteiger partial charge on any atom is -0.298 e. The lowest BCUT2D eigenvalue weighted by Crippen LogP contribution is -2.37. The number of piperidine rings is 1. The highest BCUT2D eigenvalue weighted by molar-refractivity contribution is 5.88. The van der Waals surface area contributed by atoms with Crippen LogP contribution < -0.4 is 0 Å². The van der Waals surface area contributed by atoms with E-state index in [4.69, 9.17) is 4.99 Å². The number of rotatable bonds is 8. The zero-order valence-electron chi connectivity index (χ0n) is 18.9. The van der Waals surface area contributed by atoms with Gasteiger partial charge < -0.3 is 0 Å². The van der Waals surface area contributed by atoms with Gasteiger partial charge in [-0.2, -0.15) is 13.2 Å². The van der Waals surface area contributed by atoms with Gasteiger partial charge in [0.25, 0.3) is 0 Å². The summed E-state index contributed by atoms with van der Waals surface area (Å²) >= 11 is 0. The van der Waals surface area contributed by atoms with Crippen LogP contribution in [0.3, 0.4) is 0 Å². The Morgan fingerprint density at radius 3 is 2.47 bits per heavy atom. The van der Waals surface area contributed by atoms with Crippen molar-refractivity contribution in [3.63, 3.8) is 0 Å². The molecule has 0 radical (unpaired) electrons. The molecular formula is C26H32F4N2. The standard InChI is InChI=1S/C26H32F4N2/c1-3-24(31-25-10-5-4-7-19(25)2)18-32-13-11-20(12-14-32)8-6-9-21-15-22(26(28,29)30)17-23(27)16-21/h4-5,7,10,15-17,20H,3,6,8-9,11-14,18H2,1-2H3. The van der Waals surface area contributed by atoms with Crippen LogP contribution in [0.1, 0.15) is 55.7 Å². The van der Waals surface area contributed by atoms with Crippen LogP contribution in [-0.4, -0.2) is 30.2 Å². The van der Waals surface area contributed by atoms with Gasteiger partial charge in [0, 0.05) is 12.3 Å². The zero-order chi connectivity index (χ0) is 23.1. The SMILES string of the molecule is CCC(CN1CCC(CCCc2cc(F)cc(C(F)(F)F)c2)CC1)=Nc1ccccc1C. The Morgan fingerprint density at radius 1 is 1.09 bits per heavy atom. The maximum absolute atomic E-state index is 13.6. The molecule has 0 saturated carbocycles. The van der Waals surface area contributed by atoms with E-state index < -0.39 is 17.6 Å². The Balaban J connectivity index is 1.45. The first-order chi connectivity index (χ1) is 15.2. The van der Waals surface area contributed by atoms with Crippen LogP contribution in [-0.2, 0) is 12.6 Å². The fraction of sp³-hybridized carbons (Fsp3) is 0.500. The molecule has 0 spiro atoms. The van der Waals surface area contributed by atoms with E-state index in [0.29, 0.717) is 24.0 Å². The van der Waals surface area contributed by atoms with E-state index in [1.165, 1.54) is 17.3 Å². The summed E-state index contributed by atoms with van der Waals surface area (Å²) in [7, 11) is 0. The molecule has 3 rings (SSSR count). The summed E-state index contributed by atoms with van der Waals surface area (Å²) in [5, 5.41) is 0. The number of para-hydroxylation sites is 1. The highest BCUT2D eigenvalue weighted by Crippen LogP contribution is 2.31. The molecule has 0 atom stereocenters. The molecule has 1 saturated heterocycles. The summed E-state index contributed by atoms with van der Waals surface area (Å²) in [5.41, 5.74) is 2.92. The molecule has 0 aromatic heterocycles. The summed E-state index contributed by atoms with van der Waals surface area (Å²) in [4.78, 5) is 7.31. The van der Waals surface area contributed by atoms with Gasteiger partial charge in [-0.25, -0.2) is 4.39 Å². The van der Waals surface area contributed by atoms with Gasteiger partial charge >= 0.3 is 6.18 Å². The molecule has 2 aromatic rings. The Morgan fingerprint density at radius 2 is 1.81 bits per heavy atom.